The molecule has 6 heteroatoms. The second-order valence-electron chi connectivity index (χ2n) is 4.25. The van der Waals surface area contributed by atoms with Crippen LogP contribution in [0, 0.1) is 0 Å². The summed E-state index contributed by atoms with van der Waals surface area (Å²) in [5.41, 5.74) is 0.122. The van der Waals surface area contributed by atoms with Crippen LogP contribution in [0.2, 0.25) is 0 Å². The molecule has 2 rings (SSSR count). The average Bonchev–Trinajstić information content (AvgIpc) is 2.45. The molecule has 20 heavy (non-hydrogen) atoms. The number of amides is 1. The number of rotatable bonds is 5. The Morgan fingerprint density at radius 3 is 2.75 bits per heavy atom. The largest absolute Gasteiger partial charge is 0.395 e. The Balaban J connectivity index is 2.38. The number of aromatic nitrogens is 1. The molecule has 0 aliphatic rings. The van der Waals surface area contributed by atoms with Gasteiger partial charge in [-0.1, -0.05) is 24.3 Å². The second kappa shape index (κ2) is 6.38. The van der Waals surface area contributed by atoms with E-state index in [1.165, 1.54) is 6.20 Å². The molecule has 0 unspecified atom stereocenters. The lowest BCUT2D eigenvalue weighted by molar-refractivity contribution is 0.0506. The van der Waals surface area contributed by atoms with Crippen molar-refractivity contribution in [3.63, 3.8) is 0 Å². The molecule has 1 heterocycles. The summed E-state index contributed by atoms with van der Waals surface area (Å²) in [4.78, 5) is 17.2. The van der Waals surface area contributed by atoms with Crippen molar-refractivity contribution in [3.05, 3.63) is 42.2 Å². The number of alkyl halides is 2. The average molecular weight is 280 g/mol. The fourth-order valence-electron chi connectivity index (χ4n) is 2.00. The van der Waals surface area contributed by atoms with Gasteiger partial charge in [-0.15, -0.1) is 0 Å². The predicted molar refractivity (Wildman–Crippen MR) is 70.7 cm³/mol. The monoisotopic (exact) mass is 280 g/mol. The molecule has 0 atom stereocenters. The van der Waals surface area contributed by atoms with E-state index in [1.807, 2.05) is 12.1 Å². The minimum Gasteiger partial charge on any atom is -0.395 e. The number of halogens is 2. The third-order valence-electron chi connectivity index (χ3n) is 2.89. The molecule has 1 N–H and O–H groups in total. The second-order valence-corrected chi connectivity index (χ2v) is 4.25. The van der Waals surface area contributed by atoms with Crippen molar-refractivity contribution in [2.75, 3.05) is 19.7 Å². The highest BCUT2D eigenvalue weighted by molar-refractivity contribution is 6.05. The summed E-state index contributed by atoms with van der Waals surface area (Å²) in [5, 5.41) is 10.3. The van der Waals surface area contributed by atoms with Crippen LogP contribution in [0.1, 0.15) is 10.5 Å². The third kappa shape index (κ3) is 3.08. The van der Waals surface area contributed by atoms with Gasteiger partial charge in [0, 0.05) is 18.1 Å². The lowest BCUT2D eigenvalue weighted by Crippen LogP contribution is -2.37. The molecule has 1 amide bonds. The zero-order valence-corrected chi connectivity index (χ0v) is 10.7. The van der Waals surface area contributed by atoms with Crippen LogP contribution in [0.4, 0.5) is 8.78 Å². The molecule has 0 saturated heterocycles. The van der Waals surface area contributed by atoms with Gasteiger partial charge >= 0.3 is 0 Å². The van der Waals surface area contributed by atoms with E-state index in [0.29, 0.717) is 5.39 Å². The van der Waals surface area contributed by atoms with Crippen molar-refractivity contribution < 1.29 is 18.7 Å². The van der Waals surface area contributed by atoms with Crippen molar-refractivity contribution >= 4 is 16.7 Å². The molecule has 0 fully saturated rings. The van der Waals surface area contributed by atoms with Gasteiger partial charge in [-0.3, -0.25) is 9.78 Å². The number of carbonyl (C=O) groups excluding carboxylic acids is 1. The van der Waals surface area contributed by atoms with Crippen LogP contribution in [-0.2, 0) is 0 Å². The number of aliphatic hydroxyl groups is 1. The van der Waals surface area contributed by atoms with E-state index >= 15 is 0 Å². The van der Waals surface area contributed by atoms with Gasteiger partial charge in [0.05, 0.1) is 13.2 Å². The molecular formula is C14H14F2N2O2. The Hall–Kier alpha value is -2.08. The summed E-state index contributed by atoms with van der Waals surface area (Å²) in [7, 11) is 0. The van der Waals surface area contributed by atoms with Crippen molar-refractivity contribution in [3.8, 4) is 0 Å². The van der Waals surface area contributed by atoms with Crippen molar-refractivity contribution in [1.29, 1.82) is 0 Å². The van der Waals surface area contributed by atoms with E-state index in [1.54, 1.807) is 18.2 Å². The highest BCUT2D eigenvalue weighted by atomic mass is 19.3. The maximum Gasteiger partial charge on any atom is 0.273 e. The zero-order chi connectivity index (χ0) is 14.5. The standard InChI is InChI=1S/C14H14F2N2O2/c15-12(16)9-18(7-8-19)14(20)13-11-4-2-1-3-10(11)5-6-17-13/h1-6,12,19H,7-9H2. The first-order valence-corrected chi connectivity index (χ1v) is 6.15. The van der Waals surface area contributed by atoms with Crippen molar-refractivity contribution in [2.45, 2.75) is 6.43 Å². The fourth-order valence-corrected chi connectivity index (χ4v) is 2.00. The molecule has 0 aliphatic heterocycles. The summed E-state index contributed by atoms with van der Waals surface area (Å²) < 4.78 is 25.0. The van der Waals surface area contributed by atoms with Crippen LogP contribution in [0.25, 0.3) is 10.8 Å². The van der Waals surface area contributed by atoms with Crippen LogP contribution in [0.3, 0.4) is 0 Å². The molecule has 0 saturated carbocycles. The first-order valence-electron chi connectivity index (χ1n) is 6.15. The molecule has 4 nitrogen and oxygen atoms in total. The molecule has 0 bridgehead atoms. The number of fused-ring (bicyclic) bond motifs is 1. The predicted octanol–water partition coefficient (Wildman–Crippen LogP) is 1.93. The molecule has 106 valence electrons. The highest BCUT2D eigenvalue weighted by Gasteiger charge is 2.21. The van der Waals surface area contributed by atoms with Crippen molar-refractivity contribution in [2.24, 2.45) is 0 Å². The number of benzene rings is 1. The highest BCUT2D eigenvalue weighted by Crippen LogP contribution is 2.18. The van der Waals surface area contributed by atoms with Gasteiger partial charge in [-0.05, 0) is 11.5 Å². The number of carbonyl (C=O) groups is 1. The van der Waals surface area contributed by atoms with Gasteiger partial charge in [-0.2, -0.15) is 0 Å². The molecule has 1 aromatic carbocycles. The van der Waals surface area contributed by atoms with Gasteiger partial charge in [0.15, 0.2) is 0 Å². The van der Waals surface area contributed by atoms with E-state index in [-0.39, 0.29) is 18.8 Å². The summed E-state index contributed by atoms with van der Waals surface area (Å²) in [6, 6.07) is 8.85. The minimum atomic E-state index is -2.65. The van der Waals surface area contributed by atoms with E-state index in [4.69, 9.17) is 5.11 Å². The van der Waals surface area contributed by atoms with E-state index in [0.717, 1.165) is 10.3 Å². The number of hydrogen-bond acceptors (Lipinski definition) is 3. The Morgan fingerprint density at radius 1 is 1.30 bits per heavy atom. The van der Waals surface area contributed by atoms with Crippen LogP contribution in [0.15, 0.2) is 36.5 Å². The van der Waals surface area contributed by atoms with Crippen LogP contribution >= 0.6 is 0 Å². The topological polar surface area (TPSA) is 53.4 Å². The summed E-state index contributed by atoms with van der Waals surface area (Å²) in [6.07, 6.45) is -1.19. The van der Waals surface area contributed by atoms with Crippen LogP contribution in [-0.4, -0.2) is 47.0 Å². The Bertz CT molecular complexity index is 599. The number of hydrogen-bond donors (Lipinski definition) is 1. The third-order valence-corrected chi connectivity index (χ3v) is 2.89. The van der Waals surface area contributed by atoms with E-state index in [9.17, 15) is 13.6 Å². The van der Waals surface area contributed by atoms with Crippen molar-refractivity contribution in [1.82, 2.24) is 9.88 Å². The Kier molecular flexibility index (Phi) is 4.57. The number of aliphatic hydroxyl groups excluding tert-OH is 1. The lowest BCUT2D eigenvalue weighted by Gasteiger charge is -2.21. The first kappa shape index (κ1) is 14.3. The minimum absolute atomic E-state index is 0.122. The SMILES string of the molecule is O=C(c1nccc2ccccc12)N(CCO)CC(F)F. The Morgan fingerprint density at radius 2 is 2.05 bits per heavy atom. The Labute approximate surface area is 114 Å². The lowest BCUT2D eigenvalue weighted by atomic mass is 10.1. The van der Waals surface area contributed by atoms with E-state index in [2.05, 4.69) is 4.98 Å². The van der Waals surface area contributed by atoms with Gasteiger partial charge in [-0.25, -0.2) is 8.78 Å². The zero-order valence-electron chi connectivity index (χ0n) is 10.7. The van der Waals surface area contributed by atoms with Gasteiger partial charge in [0.1, 0.15) is 5.69 Å². The maximum atomic E-state index is 12.5. The normalized spacial score (nSPS) is 11.0. The van der Waals surface area contributed by atoms with Gasteiger partial charge < -0.3 is 10.0 Å². The number of nitrogens with zero attached hydrogens (tertiary/aromatic N) is 2. The van der Waals surface area contributed by atoms with E-state index < -0.39 is 18.9 Å². The molecular weight excluding hydrogens is 266 g/mol. The molecule has 2 aromatic rings. The quantitative estimate of drug-likeness (QED) is 0.910. The summed E-state index contributed by atoms with van der Waals surface area (Å²) in [5.74, 6) is -0.601. The van der Waals surface area contributed by atoms with Crippen LogP contribution < -0.4 is 0 Å². The maximum absolute atomic E-state index is 12.5. The van der Waals surface area contributed by atoms with Crippen LogP contribution in [0.5, 0.6) is 0 Å². The summed E-state index contributed by atoms with van der Waals surface area (Å²) >= 11 is 0. The smallest absolute Gasteiger partial charge is 0.273 e. The molecule has 1 aromatic heterocycles. The van der Waals surface area contributed by atoms with Gasteiger partial charge in [0.25, 0.3) is 12.3 Å². The first-order chi connectivity index (χ1) is 9.63. The molecule has 0 aliphatic carbocycles. The van der Waals surface area contributed by atoms with Gasteiger partial charge in [0.2, 0.25) is 0 Å². The fraction of sp³-hybridized carbons (Fsp3) is 0.286. The summed E-state index contributed by atoms with van der Waals surface area (Å²) in [6.45, 7) is -1.23. The molecule has 0 spiro atoms. The molecule has 0 radical (unpaired) electrons. The number of pyridine rings is 1.